The van der Waals surface area contributed by atoms with Gasteiger partial charge in [-0.1, -0.05) is 80.9 Å². The van der Waals surface area contributed by atoms with Gasteiger partial charge in [0.1, 0.15) is 12.1 Å². The predicted molar refractivity (Wildman–Crippen MR) is 111 cm³/mol. The molecule has 0 unspecified atom stereocenters. The maximum absolute atomic E-state index is 13.1. The number of carbonyl (C=O) groups excluding carboxylic acids is 3. The van der Waals surface area contributed by atoms with E-state index < -0.39 is 17.5 Å². The van der Waals surface area contributed by atoms with Gasteiger partial charge in [0.2, 0.25) is 5.91 Å². The highest BCUT2D eigenvalue weighted by atomic mass is 16.2. The average Bonchev–Trinajstić information content (AvgIpc) is 3.00. The van der Waals surface area contributed by atoms with Gasteiger partial charge in [0.25, 0.3) is 5.91 Å². The number of hydrogen-bond donors (Lipinski definition) is 2. The van der Waals surface area contributed by atoms with E-state index in [1.807, 2.05) is 67.6 Å². The average molecular weight is 393 g/mol. The molecule has 0 bridgehead atoms. The molecule has 29 heavy (non-hydrogen) atoms. The number of amides is 4. The number of imide groups is 1. The Balaban J connectivity index is 1.75. The first kappa shape index (κ1) is 20.6. The van der Waals surface area contributed by atoms with E-state index in [0.717, 1.165) is 28.9 Å². The van der Waals surface area contributed by atoms with E-state index in [1.54, 1.807) is 0 Å². The second-order valence-corrected chi connectivity index (χ2v) is 7.27. The summed E-state index contributed by atoms with van der Waals surface area (Å²) in [6.07, 6.45) is 2.08. The fourth-order valence-corrected chi connectivity index (χ4v) is 3.81. The molecular formula is C23H27N3O3. The van der Waals surface area contributed by atoms with Gasteiger partial charge in [-0.2, -0.15) is 0 Å². The molecule has 6 heteroatoms. The molecule has 4 amide bonds. The van der Waals surface area contributed by atoms with Crippen molar-refractivity contribution in [3.63, 3.8) is 0 Å². The molecular weight excluding hydrogens is 366 g/mol. The highest BCUT2D eigenvalue weighted by molar-refractivity contribution is 6.09. The Kier molecular flexibility index (Phi) is 6.32. The van der Waals surface area contributed by atoms with Crippen LogP contribution in [-0.2, 0) is 15.1 Å². The molecule has 3 rings (SSSR count). The first-order valence-electron chi connectivity index (χ1n) is 10.1. The molecule has 2 N–H and O–H groups in total. The van der Waals surface area contributed by atoms with Crippen LogP contribution >= 0.6 is 0 Å². The van der Waals surface area contributed by atoms with Crippen LogP contribution < -0.4 is 10.6 Å². The molecule has 1 aliphatic heterocycles. The highest BCUT2D eigenvalue weighted by Crippen LogP contribution is 2.32. The Morgan fingerprint density at radius 1 is 1.03 bits per heavy atom. The van der Waals surface area contributed by atoms with Gasteiger partial charge in [-0.15, -0.1) is 0 Å². The van der Waals surface area contributed by atoms with E-state index in [9.17, 15) is 14.4 Å². The third kappa shape index (κ3) is 4.16. The van der Waals surface area contributed by atoms with Crippen LogP contribution in [0.5, 0.6) is 0 Å². The minimum atomic E-state index is -1.12. The fourth-order valence-electron chi connectivity index (χ4n) is 3.81. The second kappa shape index (κ2) is 8.90. The number of benzene rings is 2. The van der Waals surface area contributed by atoms with Crippen molar-refractivity contribution in [1.29, 1.82) is 0 Å². The Bertz CT molecular complexity index is 869. The molecule has 1 heterocycles. The van der Waals surface area contributed by atoms with Crippen molar-refractivity contribution in [3.8, 4) is 0 Å². The molecule has 0 aliphatic carbocycles. The normalized spacial score (nSPS) is 19.7. The van der Waals surface area contributed by atoms with Crippen LogP contribution in [0.2, 0.25) is 0 Å². The van der Waals surface area contributed by atoms with E-state index >= 15 is 0 Å². The van der Waals surface area contributed by atoms with Crippen molar-refractivity contribution < 1.29 is 14.4 Å². The monoisotopic (exact) mass is 393 g/mol. The Labute approximate surface area is 171 Å². The van der Waals surface area contributed by atoms with Gasteiger partial charge in [-0.25, -0.2) is 4.79 Å². The summed E-state index contributed by atoms with van der Waals surface area (Å²) in [5.41, 5.74) is 0.602. The van der Waals surface area contributed by atoms with E-state index in [2.05, 4.69) is 17.6 Å². The summed E-state index contributed by atoms with van der Waals surface area (Å²) < 4.78 is 0. The Morgan fingerprint density at radius 3 is 2.24 bits per heavy atom. The lowest BCUT2D eigenvalue weighted by molar-refractivity contribution is -0.135. The lowest BCUT2D eigenvalue weighted by Crippen LogP contribution is -2.45. The summed E-state index contributed by atoms with van der Waals surface area (Å²) in [7, 11) is 0. The van der Waals surface area contributed by atoms with Crippen molar-refractivity contribution in [3.05, 3.63) is 71.8 Å². The van der Waals surface area contributed by atoms with Gasteiger partial charge in [0, 0.05) is 0 Å². The van der Waals surface area contributed by atoms with Crippen LogP contribution in [-0.4, -0.2) is 29.3 Å². The standard InChI is InChI=1S/C23H27N3O3/c1-3-11-19(17-12-7-5-8-13-17)24-20(27)16-26-21(28)23(4-2,25-22(26)29)18-14-9-6-10-15-18/h5-10,12-15,19H,3-4,11,16H2,1-2H3,(H,24,27)(H,25,29)/t19-,23+/m1/s1. The van der Waals surface area contributed by atoms with Crippen LogP contribution in [0.1, 0.15) is 50.3 Å². The Morgan fingerprint density at radius 2 is 1.66 bits per heavy atom. The molecule has 0 spiro atoms. The molecule has 0 radical (unpaired) electrons. The minimum Gasteiger partial charge on any atom is -0.348 e. The summed E-state index contributed by atoms with van der Waals surface area (Å²) in [6, 6.07) is 18.2. The molecule has 2 aromatic rings. The van der Waals surface area contributed by atoms with Gasteiger partial charge >= 0.3 is 6.03 Å². The van der Waals surface area contributed by atoms with E-state index in [4.69, 9.17) is 0 Å². The quantitative estimate of drug-likeness (QED) is 0.674. The number of nitrogens with zero attached hydrogens (tertiary/aromatic N) is 1. The van der Waals surface area contributed by atoms with Crippen molar-refractivity contribution >= 4 is 17.8 Å². The van der Waals surface area contributed by atoms with Gasteiger partial charge in [0.05, 0.1) is 6.04 Å². The second-order valence-electron chi connectivity index (χ2n) is 7.27. The lowest BCUT2D eigenvalue weighted by atomic mass is 9.87. The highest BCUT2D eigenvalue weighted by Gasteiger charge is 2.51. The van der Waals surface area contributed by atoms with Crippen molar-refractivity contribution in [2.45, 2.75) is 44.7 Å². The summed E-state index contributed by atoms with van der Waals surface area (Å²) in [5.74, 6) is -0.742. The van der Waals surface area contributed by atoms with E-state index in [1.165, 1.54) is 0 Å². The maximum Gasteiger partial charge on any atom is 0.325 e. The topological polar surface area (TPSA) is 78.5 Å². The zero-order valence-electron chi connectivity index (χ0n) is 16.9. The lowest BCUT2D eigenvalue weighted by Gasteiger charge is -2.26. The molecule has 1 aliphatic rings. The van der Waals surface area contributed by atoms with Gasteiger partial charge in [-0.05, 0) is 24.0 Å². The molecule has 0 aromatic heterocycles. The third-order valence-electron chi connectivity index (χ3n) is 5.39. The minimum absolute atomic E-state index is 0.153. The zero-order valence-corrected chi connectivity index (χ0v) is 16.9. The van der Waals surface area contributed by atoms with Gasteiger partial charge in [-0.3, -0.25) is 14.5 Å². The smallest absolute Gasteiger partial charge is 0.325 e. The summed E-state index contributed by atoms with van der Waals surface area (Å²) in [5, 5.41) is 5.78. The van der Waals surface area contributed by atoms with E-state index in [-0.39, 0.29) is 18.5 Å². The molecule has 1 fully saturated rings. The SMILES string of the molecule is CCC[C@@H](NC(=O)CN1C(=O)N[C@@](CC)(c2ccccc2)C1=O)c1ccccc1. The molecule has 152 valence electrons. The third-order valence-corrected chi connectivity index (χ3v) is 5.39. The van der Waals surface area contributed by atoms with Gasteiger partial charge < -0.3 is 10.6 Å². The number of carbonyl (C=O) groups is 3. The van der Waals surface area contributed by atoms with Crippen molar-refractivity contribution in [2.24, 2.45) is 0 Å². The first-order chi connectivity index (χ1) is 14.0. The number of rotatable bonds is 8. The molecule has 2 aromatic carbocycles. The van der Waals surface area contributed by atoms with Crippen molar-refractivity contribution in [1.82, 2.24) is 15.5 Å². The first-order valence-corrected chi connectivity index (χ1v) is 10.1. The van der Waals surface area contributed by atoms with Crippen LogP contribution in [0, 0.1) is 0 Å². The summed E-state index contributed by atoms with van der Waals surface area (Å²) in [6.45, 7) is 3.60. The summed E-state index contributed by atoms with van der Waals surface area (Å²) in [4.78, 5) is 39.4. The summed E-state index contributed by atoms with van der Waals surface area (Å²) >= 11 is 0. The number of urea groups is 1. The molecule has 2 atom stereocenters. The van der Waals surface area contributed by atoms with Crippen LogP contribution in [0.15, 0.2) is 60.7 Å². The zero-order chi connectivity index (χ0) is 20.9. The van der Waals surface area contributed by atoms with Crippen LogP contribution in [0.3, 0.4) is 0 Å². The van der Waals surface area contributed by atoms with Crippen LogP contribution in [0.25, 0.3) is 0 Å². The predicted octanol–water partition coefficient (Wildman–Crippen LogP) is 3.50. The molecule has 6 nitrogen and oxygen atoms in total. The van der Waals surface area contributed by atoms with Gasteiger partial charge in [0.15, 0.2) is 0 Å². The molecule has 0 saturated carbocycles. The number of nitrogens with one attached hydrogen (secondary N) is 2. The number of hydrogen-bond acceptors (Lipinski definition) is 3. The van der Waals surface area contributed by atoms with Crippen LogP contribution in [0.4, 0.5) is 4.79 Å². The van der Waals surface area contributed by atoms with Crippen molar-refractivity contribution in [2.75, 3.05) is 6.54 Å². The Hall–Kier alpha value is -3.15. The largest absolute Gasteiger partial charge is 0.348 e. The maximum atomic E-state index is 13.1. The fraction of sp³-hybridized carbons (Fsp3) is 0.348. The van der Waals surface area contributed by atoms with E-state index in [0.29, 0.717) is 6.42 Å². The molecule has 1 saturated heterocycles.